The third-order valence-electron chi connectivity index (χ3n) is 3.65. The average molecular weight is 308 g/mol. The molecule has 112 valence electrons. The fourth-order valence-electron chi connectivity index (χ4n) is 2.37. The van der Waals surface area contributed by atoms with E-state index in [2.05, 4.69) is 5.32 Å². The molecule has 21 heavy (non-hydrogen) atoms. The number of hydrogen-bond donors (Lipinski definition) is 1. The van der Waals surface area contributed by atoms with Gasteiger partial charge >= 0.3 is 12.0 Å². The van der Waals surface area contributed by atoms with Crippen molar-refractivity contribution in [3.05, 3.63) is 21.9 Å². The Morgan fingerprint density at radius 2 is 2.24 bits per heavy atom. The second-order valence-electron chi connectivity index (χ2n) is 5.25. The second-order valence-corrected chi connectivity index (χ2v) is 6.16. The molecule has 3 amide bonds. The van der Waals surface area contributed by atoms with Gasteiger partial charge in [-0.15, -0.1) is 11.3 Å². The van der Waals surface area contributed by atoms with Gasteiger partial charge in [-0.2, -0.15) is 0 Å². The molecule has 6 nitrogen and oxygen atoms in total. The number of carbonyl (C=O) groups excluding carboxylic acids is 3. The molecule has 1 N–H and O–H groups in total. The maximum absolute atomic E-state index is 12.2. The van der Waals surface area contributed by atoms with Crippen LogP contribution in [0.4, 0.5) is 4.79 Å². The molecule has 1 atom stereocenters. The van der Waals surface area contributed by atoms with E-state index in [-0.39, 0.29) is 0 Å². The summed E-state index contributed by atoms with van der Waals surface area (Å²) in [4.78, 5) is 37.4. The fourth-order valence-corrected chi connectivity index (χ4v) is 3.23. The van der Waals surface area contributed by atoms with Crippen LogP contribution in [0.5, 0.6) is 0 Å². The minimum absolute atomic E-state index is 0.311. The van der Waals surface area contributed by atoms with Crippen LogP contribution in [-0.2, 0) is 9.53 Å². The van der Waals surface area contributed by atoms with Gasteiger partial charge in [0.1, 0.15) is 4.88 Å². The number of amides is 3. The molecule has 0 radical (unpaired) electrons. The Labute approximate surface area is 126 Å². The van der Waals surface area contributed by atoms with Crippen LogP contribution in [0.3, 0.4) is 0 Å². The fraction of sp³-hybridized carbons (Fsp3) is 0.500. The third kappa shape index (κ3) is 2.78. The molecule has 1 aliphatic carbocycles. The molecule has 1 aromatic heterocycles. The molecule has 3 rings (SSSR count). The van der Waals surface area contributed by atoms with Gasteiger partial charge in [-0.1, -0.05) is 0 Å². The summed E-state index contributed by atoms with van der Waals surface area (Å²) in [7, 11) is 0. The van der Waals surface area contributed by atoms with Crippen LogP contribution < -0.4 is 5.32 Å². The second kappa shape index (κ2) is 5.48. The molecule has 2 heterocycles. The summed E-state index contributed by atoms with van der Waals surface area (Å²) in [6, 6.07) is 1.51. The highest BCUT2D eigenvalue weighted by molar-refractivity contribution is 7.12. The van der Waals surface area contributed by atoms with Crippen LogP contribution in [-0.4, -0.2) is 42.0 Å². The first kappa shape index (κ1) is 14.1. The Bertz CT molecular complexity index is 594. The van der Waals surface area contributed by atoms with Gasteiger partial charge in [0.15, 0.2) is 6.10 Å². The summed E-state index contributed by atoms with van der Waals surface area (Å²) >= 11 is 1.33. The van der Waals surface area contributed by atoms with Crippen molar-refractivity contribution in [2.45, 2.75) is 31.8 Å². The van der Waals surface area contributed by atoms with Crippen LogP contribution in [0.15, 0.2) is 11.4 Å². The summed E-state index contributed by atoms with van der Waals surface area (Å²) in [5.41, 5.74) is 1.02. The zero-order valence-electron chi connectivity index (χ0n) is 11.6. The van der Waals surface area contributed by atoms with E-state index in [1.807, 2.05) is 11.4 Å². The lowest BCUT2D eigenvalue weighted by Gasteiger charge is -2.18. The maximum atomic E-state index is 12.2. The molecule has 2 aliphatic rings. The summed E-state index contributed by atoms with van der Waals surface area (Å²) in [5, 5.41) is 4.41. The highest BCUT2D eigenvalue weighted by Gasteiger charge is 2.34. The van der Waals surface area contributed by atoms with Gasteiger partial charge in [-0.3, -0.25) is 9.69 Å². The molecule has 0 spiro atoms. The van der Waals surface area contributed by atoms with Crippen LogP contribution in [0, 0.1) is 0 Å². The van der Waals surface area contributed by atoms with E-state index in [4.69, 9.17) is 4.74 Å². The zero-order chi connectivity index (χ0) is 15.0. The van der Waals surface area contributed by atoms with E-state index in [0.29, 0.717) is 23.9 Å². The van der Waals surface area contributed by atoms with Gasteiger partial charge in [-0.05, 0) is 42.7 Å². The van der Waals surface area contributed by atoms with Gasteiger partial charge in [-0.25, -0.2) is 9.59 Å². The first-order valence-electron chi connectivity index (χ1n) is 6.95. The van der Waals surface area contributed by atoms with Crippen molar-refractivity contribution >= 4 is 29.2 Å². The Morgan fingerprint density at radius 3 is 2.86 bits per heavy atom. The van der Waals surface area contributed by atoms with E-state index in [9.17, 15) is 14.4 Å². The van der Waals surface area contributed by atoms with Crippen LogP contribution in [0.25, 0.3) is 0 Å². The lowest BCUT2D eigenvalue weighted by molar-refractivity contribution is -0.136. The number of thiophene rings is 1. The molecule has 1 saturated carbocycles. The van der Waals surface area contributed by atoms with Crippen LogP contribution >= 0.6 is 11.3 Å². The van der Waals surface area contributed by atoms with Crippen molar-refractivity contribution in [1.82, 2.24) is 10.2 Å². The minimum Gasteiger partial charge on any atom is -0.448 e. The number of hydrogen-bond acceptors (Lipinski definition) is 5. The number of rotatable bonds is 4. The molecule has 7 heteroatoms. The number of urea groups is 1. The van der Waals surface area contributed by atoms with Crippen LogP contribution in [0.2, 0.25) is 0 Å². The SMILES string of the molecule is CC(OC(=O)c1sccc1C1CC1)C(=O)N1CCNC1=O. The number of carbonyl (C=O) groups is 3. The summed E-state index contributed by atoms with van der Waals surface area (Å²) in [6.45, 7) is 2.24. The average Bonchev–Trinajstić information content (AvgIpc) is 3.02. The Balaban J connectivity index is 1.65. The maximum Gasteiger partial charge on any atom is 0.349 e. The van der Waals surface area contributed by atoms with Crippen molar-refractivity contribution in [2.75, 3.05) is 13.1 Å². The normalized spacial score (nSPS) is 19.3. The number of nitrogens with zero attached hydrogens (tertiary/aromatic N) is 1. The Morgan fingerprint density at radius 1 is 1.48 bits per heavy atom. The van der Waals surface area contributed by atoms with Crippen molar-refractivity contribution in [1.29, 1.82) is 0 Å². The van der Waals surface area contributed by atoms with Crippen molar-refractivity contribution in [3.8, 4) is 0 Å². The van der Waals surface area contributed by atoms with E-state index in [1.165, 1.54) is 18.3 Å². The summed E-state index contributed by atoms with van der Waals surface area (Å²) < 4.78 is 5.24. The zero-order valence-corrected chi connectivity index (χ0v) is 12.4. The highest BCUT2D eigenvalue weighted by atomic mass is 32.1. The van der Waals surface area contributed by atoms with Crippen LogP contribution in [0.1, 0.15) is 40.9 Å². The highest BCUT2D eigenvalue weighted by Crippen LogP contribution is 2.43. The lowest BCUT2D eigenvalue weighted by Crippen LogP contribution is -2.41. The lowest BCUT2D eigenvalue weighted by atomic mass is 10.2. The molecule has 0 aromatic carbocycles. The molecule has 1 aliphatic heterocycles. The molecular formula is C14H16N2O4S. The largest absolute Gasteiger partial charge is 0.448 e. The number of nitrogens with one attached hydrogen (secondary N) is 1. The smallest absolute Gasteiger partial charge is 0.349 e. The number of imide groups is 1. The van der Waals surface area contributed by atoms with Gasteiger partial charge in [0.25, 0.3) is 5.91 Å². The van der Waals surface area contributed by atoms with Crippen molar-refractivity contribution in [2.24, 2.45) is 0 Å². The third-order valence-corrected chi connectivity index (χ3v) is 4.56. The summed E-state index contributed by atoms with van der Waals surface area (Å²) in [5.74, 6) is -0.510. The van der Waals surface area contributed by atoms with E-state index in [0.717, 1.165) is 23.3 Å². The molecule has 2 fully saturated rings. The quantitative estimate of drug-likeness (QED) is 0.859. The van der Waals surface area contributed by atoms with E-state index >= 15 is 0 Å². The standard InChI is InChI=1S/C14H16N2O4S/c1-8(12(17)16-6-5-15-14(16)19)20-13(18)11-10(4-7-21-11)9-2-3-9/h4,7-9H,2-3,5-6H2,1H3,(H,15,19). The number of esters is 1. The Kier molecular flexibility index (Phi) is 3.67. The van der Waals surface area contributed by atoms with Gasteiger partial charge in [0.2, 0.25) is 0 Å². The van der Waals surface area contributed by atoms with Crippen molar-refractivity contribution in [3.63, 3.8) is 0 Å². The monoisotopic (exact) mass is 308 g/mol. The molecule has 1 unspecified atom stereocenters. The van der Waals surface area contributed by atoms with Gasteiger partial charge in [0, 0.05) is 13.1 Å². The molecular weight excluding hydrogens is 292 g/mol. The molecule has 1 aromatic rings. The Hall–Kier alpha value is -1.89. The van der Waals surface area contributed by atoms with Gasteiger partial charge < -0.3 is 10.1 Å². The summed E-state index contributed by atoms with van der Waals surface area (Å²) in [6.07, 6.45) is 1.23. The minimum atomic E-state index is -0.962. The van der Waals surface area contributed by atoms with E-state index < -0.39 is 24.0 Å². The predicted molar refractivity (Wildman–Crippen MR) is 76.3 cm³/mol. The topological polar surface area (TPSA) is 75.7 Å². The molecule has 0 bridgehead atoms. The molecule has 1 saturated heterocycles. The van der Waals surface area contributed by atoms with Gasteiger partial charge in [0.05, 0.1) is 0 Å². The number of ether oxygens (including phenoxy) is 1. The first-order chi connectivity index (χ1) is 10.1. The van der Waals surface area contributed by atoms with E-state index in [1.54, 1.807) is 0 Å². The predicted octanol–water partition coefficient (Wildman–Crippen LogP) is 1.72. The van der Waals surface area contributed by atoms with Crippen molar-refractivity contribution < 1.29 is 19.1 Å². The first-order valence-corrected chi connectivity index (χ1v) is 7.83.